The van der Waals surface area contributed by atoms with Gasteiger partial charge in [0.2, 0.25) is 0 Å². The molecule has 0 saturated carbocycles. The van der Waals surface area contributed by atoms with Gasteiger partial charge in [-0.2, -0.15) is 0 Å². The van der Waals surface area contributed by atoms with Crippen LogP contribution in [0.1, 0.15) is 16.2 Å². The van der Waals surface area contributed by atoms with Crippen LogP contribution in [0.3, 0.4) is 0 Å². The molecule has 3 nitrogen and oxygen atoms in total. The van der Waals surface area contributed by atoms with Crippen molar-refractivity contribution in [2.24, 2.45) is 5.73 Å². The van der Waals surface area contributed by atoms with Crippen molar-refractivity contribution < 1.29 is 4.79 Å². The Kier molecular flexibility index (Phi) is 2.43. The van der Waals surface area contributed by atoms with Crippen LogP contribution < -0.4 is 5.73 Å². The van der Waals surface area contributed by atoms with Gasteiger partial charge >= 0.3 is 0 Å². The zero-order valence-corrected chi connectivity index (χ0v) is 8.65. The number of nitrogens with one attached hydrogen (secondary N) is 1. The fraction of sp³-hybridized carbons (Fsp3) is 0.167. The molecule has 0 aromatic carbocycles. The van der Waals surface area contributed by atoms with E-state index >= 15 is 0 Å². The number of rotatable bonds is 1. The van der Waals surface area contributed by atoms with Crippen molar-refractivity contribution in [2.75, 3.05) is 0 Å². The van der Waals surface area contributed by atoms with Crippen LogP contribution in [-0.2, 0) is 0 Å². The highest BCUT2D eigenvalue weighted by Crippen LogP contribution is 2.25. The van der Waals surface area contributed by atoms with E-state index in [2.05, 4.69) is 27.6 Å². The normalized spacial score (nSPS) is 10.1. The van der Waals surface area contributed by atoms with Crippen LogP contribution >= 0.6 is 34.2 Å². The summed E-state index contributed by atoms with van der Waals surface area (Å²) in [6.07, 6.45) is 0. The quantitative estimate of drug-likeness (QED) is 0.757. The summed E-state index contributed by atoms with van der Waals surface area (Å²) in [5.74, 6) is -0.527. The average molecular weight is 284 g/mol. The lowest BCUT2D eigenvalue weighted by Gasteiger charge is -1.88. The van der Waals surface area contributed by atoms with E-state index in [0.29, 0.717) is 5.02 Å². The predicted molar refractivity (Wildman–Crippen MR) is 51.8 cm³/mol. The van der Waals surface area contributed by atoms with Crippen molar-refractivity contribution in [3.8, 4) is 0 Å². The van der Waals surface area contributed by atoms with Crippen LogP contribution in [0, 0.1) is 10.5 Å². The second-order valence-electron chi connectivity index (χ2n) is 2.12. The van der Waals surface area contributed by atoms with E-state index in [9.17, 15) is 4.79 Å². The zero-order chi connectivity index (χ0) is 8.59. The first-order valence-electron chi connectivity index (χ1n) is 2.87. The molecule has 3 N–H and O–H groups in total. The van der Waals surface area contributed by atoms with Gasteiger partial charge in [-0.05, 0) is 29.5 Å². The van der Waals surface area contributed by atoms with Crippen molar-refractivity contribution in [2.45, 2.75) is 6.92 Å². The van der Waals surface area contributed by atoms with Crippen molar-refractivity contribution in [3.63, 3.8) is 0 Å². The van der Waals surface area contributed by atoms with E-state index < -0.39 is 5.91 Å². The van der Waals surface area contributed by atoms with Crippen molar-refractivity contribution in [1.29, 1.82) is 0 Å². The van der Waals surface area contributed by atoms with Gasteiger partial charge in [-0.3, -0.25) is 4.79 Å². The Morgan fingerprint density at radius 3 is 2.45 bits per heavy atom. The lowest BCUT2D eigenvalue weighted by Crippen LogP contribution is -2.11. The molecule has 11 heavy (non-hydrogen) atoms. The molecule has 0 aliphatic rings. The third kappa shape index (κ3) is 1.51. The maximum atomic E-state index is 10.7. The van der Waals surface area contributed by atoms with Crippen LogP contribution in [-0.4, -0.2) is 10.9 Å². The first-order chi connectivity index (χ1) is 5.04. The summed E-state index contributed by atoms with van der Waals surface area (Å²) in [6.45, 7) is 1.83. The molecular formula is C6H6ClIN2O. The van der Waals surface area contributed by atoms with Gasteiger partial charge in [0.15, 0.2) is 0 Å². The van der Waals surface area contributed by atoms with Crippen LogP contribution in [0.2, 0.25) is 5.02 Å². The molecule has 1 aromatic rings. The molecular weight excluding hydrogens is 278 g/mol. The Morgan fingerprint density at radius 2 is 2.27 bits per heavy atom. The number of halogens is 2. The molecule has 1 rings (SSSR count). The predicted octanol–water partition coefficient (Wildman–Crippen LogP) is 1.68. The monoisotopic (exact) mass is 284 g/mol. The summed E-state index contributed by atoms with van der Waals surface area (Å²) >= 11 is 7.82. The van der Waals surface area contributed by atoms with Gasteiger partial charge in [-0.1, -0.05) is 11.6 Å². The summed E-state index contributed by atoms with van der Waals surface area (Å²) in [4.78, 5) is 13.5. The molecule has 0 atom stereocenters. The minimum Gasteiger partial charge on any atom is -0.364 e. The van der Waals surface area contributed by atoms with Crippen LogP contribution in [0.5, 0.6) is 0 Å². The number of carbonyl (C=O) groups is 1. The number of aryl methyl sites for hydroxylation is 1. The molecule has 0 spiro atoms. The minimum atomic E-state index is -0.527. The number of primary amides is 1. The summed E-state index contributed by atoms with van der Waals surface area (Å²) in [7, 11) is 0. The molecule has 0 fully saturated rings. The van der Waals surface area contributed by atoms with E-state index in [4.69, 9.17) is 17.3 Å². The topological polar surface area (TPSA) is 58.9 Å². The molecule has 5 heteroatoms. The molecule has 1 amide bonds. The smallest absolute Gasteiger partial charge is 0.266 e. The summed E-state index contributed by atoms with van der Waals surface area (Å²) < 4.78 is 0.845. The number of H-pyrrole nitrogens is 1. The van der Waals surface area contributed by atoms with E-state index in [0.717, 1.165) is 9.26 Å². The number of hydrogen-bond acceptors (Lipinski definition) is 1. The molecule has 1 aromatic heterocycles. The van der Waals surface area contributed by atoms with Gasteiger partial charge in [0, 0.05) is 5.69 Å². The maximum Gasteiger partial charge on any atom is 0.266 e. The first-order valence-corrected chi connectivity index (χ1v) is 4.33. The highest BCUT2D eigenvalue weighted by Gasteiger charge is 2.14. The SMILES string of the molecule is Cc1[nH]c(C(N)=O)c(Cl)c1I. The maximum absolute atomic E-state index is 10.7. The minimum absolute atomic E-state index is 0.286. The van der Waals surface area contributed by atoms with E-state index in [1.807, 2.05) is 6.92 Å². The van der Waals surface area contributed by atoms with Gasteiger partial charge < -0.3 is 10.7 Å². The van der Waals surface area contributed by atoms with E-state index in [-0.39, 0.29) is 5.69 Å². The van der Waals surface area contributed by atoms with E-state index in [1.54, 1.807) is 0 Å². The fourth-order valence-electron chi connectivity index (χ4n) is 0.741. The number of hydrogen-bond donors (Lipinski definition) is 2. The molecule has 1 heterocycles. The van der Waals surface area contributed by atoms with Gasteiger partial charge in [0.25, 0.3) is 5.91 Å². The third-order valence-electron chi connectivity index (χ3n) is 1.30. The average Bonchev–Trinajstić information content (AvgIpc) is 2.17. The van der Waals surface area contributed by atoms with Crippen LogP contribution in [0.4, 0.5) is 0 Å². The van der Waals surface area contributed by atoms with Crippen molar-refractivity contribution >= 4 is 40.1 Å². The Labute approximate surface area is 82.4 Å². The van der Waals surface area contributed by atoms with Crippen molar-refractivity contribution in [1.82, 2.24) is 4.98 Å². The van der Waals surface area contributed by atoms with Crippen molar-refractivity contribution in [3.05, 3.63) is 20.0 Å². The van der Waals surface area contributed by atoms with E-state index in [1.165, 1.54) is 0 Å². The zero-order valence-electron chi connectivity index (χ0n) is 5.74. The van der Waals surface area contributed by atoms with Crippen LogP contribution in [0.25, 0.3) is 0 Å². The summed E-state index contributed by atoms with van der Waals surface area (Å²) in [6, 6.07) is 0. The first kappa shape index (κ1) is 8.86. The second kappa shape index (κ2) is 3.02. The summed E-state index contributed by atoms with van der Waals surface area (Å²) in [5.41, 5.74) is 6.19. The Balaban J connectivity index is 3.29. The molecule has 60 valence electrons. The highest BCUT2D eigenvalue weighted by atomic mass is 127. The van der Waals surface area contributed by atoms with Gasteiger partial charge in [0.05, 0.1) is 8.59 Å². The number of aromatic nitrogens is 1. The molecule has 0 radical (unpaired) electrons. The third-order valence-corrected chi connectivity index (χ3v) is 3.35. The fourth-order valence-corrected chi connectivity index (χ4v) is 1.43. The Morgan fingerprint density at radius 1 is 1.73 bits per heavy atom. The van der Waals surface area contributed by atoms with Gasteiger partial charge in [0.1, 0.15) is 5.69 Å². The lowest BCUT2D eigenvalue weighted by molar-refractivity contribution is 0.0996. The molecule has 0 saturated heterocycles. The molecule has 0 bridgehead atoms. The van der Waals surface area contributed by atoms with Gasteiger partial charge in [-0.25, -0.2) is 0 Å². The second-order valence-corrected chi connectivity index (χ2v) is 3.57. The highest BCUT2D eigenvalue weighted by molar-refractivity contribution is 14.1. The number of aromatic amines is 1. The lowest BCUT2D eigenvalue weighted by atomic mass is 10.4. The Hall–Kier alpha value is -0.230. The van der Waals surface area contributed by atoms with Crippen LogP contribution in [0.15, 0.2) is 0 Å². The Bertz CT molecular complexity index is 308. The number of nitrogens with two attached hydrogens (primary N) is 1. The standard InChI is InChI=1S/C6H6ClIN2O/c1-2-4(8)3(7)5(10-2)6(9)11/h10H,1H3,(H2,9,11). The molecule has 0 unspecified atom stereocenters. The summed E-state index contributed by atoms with van der Waals surface area (Å²) in [5, 5.41) is 0.413. The van der Waals surface area contributed by atoms with Gasteiger partial charge in [-0.15, -0.1) is 0 Å². The number of amides is 1. The largest absolute Gasteiger partial charge is 0.364 e. The molecule has 0 aliphatic heterocycles. The molecule has 0 aliphatic carbocycles. The number of carbonyl (C=O) groups excluding carboxylic acids is 1.